The van der Waals surface area contributed by atoms with E-state index in [9.17, 15) is 14.7 Å². The zero-order chi connectivity index (χ0) is 25.5. The summed E-state index contributed by atoms with van der Waals surface area (Å²) in [6, 6.07) is 0. The molecule has 196 valence electrons. The molecule has 3 heterocycles. The van der Waals surface area contributed by atoms with E-state index >= 15 is 0 Å². The second kappa shape index (κ2) is 6.90. The van der Waals surface area contributed by atoms with Gasteiger partial charge in [0.25, 0.3) is 0 Å². The van der Waals surface area contributed by atoms with E-state index in [1.807, 2.05) is 13.0 Å². The van der Waals surface area contributed by atoms with E-state index < -0.39 is 33.9 Å². The van der Waals surface area contributed by atoms with Crippen molar-refractivity contribution >= 4 is 11.8 Å². The molecule has 11 atom stereocenters. The van der Waals surface area contributed by atoms with Gasteiger partial charge in [0.2, 0.25) is 0 Å². The van der Waals surface area contributed by atoms with Crippen molar-refractivity contribution in [2.45, 2.75) is 95.4 Å². The topological polar surface area (TPSA) is 94.6 Å². The fourth-order valence-electron chi connectivity index (χ4n) is 10.2. The monoisotopic (exact) mass is 498 g/mol. The maximum absolute atomic E-state index is 13.5. The zero-order valence-electron chi connectivity index (χ0n) is 22.0. The van der Waals surface area contributed by atoms with E-state index in [4.69, 9.17) is 18.9 Å². The Hall–Kier alpha value is -1.54. The molecule has 1 N–H and O–H groups in total. The quantitative estimate of drug-likeness (QED) is 0.460. The summed E-state index contributed by atoms with van der Waals surface area (Å²) < 4.78 is 25.3. The largest absolute Gasteiger partial charge is 0.458 e. The normalized spacial score (nSPS) is 56.9. The Labute approximate surface area is 212 Å². The van der Waals surface area contributed by atoms with Gasteiger partial charge >= 0.3 is 5.97 Å². The van der Waals surface area contributed by atoms with Gasteiger partial charge < -0.3 is 24.1 Å². The van der Waals surface area contributed by atoms with Crippen molar-refractivity contribution in [1.29, 1.82) is 0 Å². The highest BCUT2D eigenvalue weighted by atomic mass is 16.7. The van der Waals surface area contributed by atoms with Gasteiger partial charge in [-0.05, 0) is 70.3 Å². The number of allylic oxidation sites excluding steroid dienone is 1. The highest BCUT2D eigenvalue weighted by Gasteiger charge is 2.83. The number of ketones is 1. The van der Waals surface area contributed by atoms with Crippen LogP contribution in [0.5, 0.6) is 0 Å². The second-order valence-corrected chi connectivity index (χ2v) is 13.1. The van der Waals surface area contributed by atoms with Gasteiger partial charge in [-0.3, -0.25) is 4.79 Å². The summed E-state index contributed by atoms with van der Waals surface area (Å²) in [6.45, 7) is 8.27. The summed E-state index contributed by atoms with van der Waals surface area (Å²) >= 11 is 0. The van der Waals surface area contributed by atoms with Crippen LogP contribution in [-0.4, -0.2) is 59.8 Å². The van der Waals surface area contributed by atoms with Crippen LogP contribution in [0.25, 0.3) is 0 Å². The van der Waals surface area contributed by atoms with E-state index in [0.29, 0.717) is 24.8 Å². The first-order valence-electron chi connectivity index (χ1n) is 13.7. The number of aliphatic hydroxyl groups is 1. The van der Waals surface area contributed by atoms with Gasteiger partial charge in [0.15, 0.2) is 11.6 Å². The number of carbonyl (C=O) groups excluding carboxylic acids is 2. The van der Waals surface area contributed by atoms with Gasteiger partial charge in [-0.1, -0.05) is 18.6 Å². The van der Waals surface area contributed by atoms with Gasteiger partial charge in [-0.25, -0.2) is 4.79 Å². The van der Waals surface area contributed by atoms with Crippen molar-refractivity contribution in [3.8, 4) is 0 Å². The molecule has 2 saturated heterocycles. The maximum atomic E-state index is 13.5. The lowest BCUT2D eigenvalue weighted by Gasteiger charge is -2.68. The van der Waals surface area contributed by atoms with Crippen LogP contribution in [0.4, 0.5) is 0 Å². The number of rotatable bonds is 2. The third-order valence-electron chi connectivity index (χ3n) is 12.5. The first-order chi connectivity index (χ1) is 17.0. The van der Waals surface area contributed by atoms with E-state index in [0.717, 1.165) is 24.8 Å². The molecule has 7 heteroatoms. The lowest BCUT2D eigenvalue weighted by Crippen LogP contribution is -2.76. The van der Waals surface area contributed by atoms with Crippen LogP contribution in [-0.2, 0) is 28.5 Å². The summed E-state index contributed by atoms with van der Waals surface area (Å²) in [4.78, 5) is 26.1. The van der Waals surface area contributed by atoms with Crippen molar-refractivity contribution in [2.75, 3.05) is 13.7 Å². The highest BCUT2D eigenvalue weighted by molar-refractivity contribution is 5.97. The minimum absolute atomic E-state index is 0.0472. The number of carbonyl (C=O) groups is 2. The molecule has 4 aliphatic carbocycles. The zero-order valence-corrected chi connectivity index (χ0v) is 22.0. The van der Waals surface area contributed by atoms with E-state index in [2.05, 4.69) is 13.8 Å². The molecule has 0 aromatic heterocycles. The number of methoxy groups -OCH3 is 1. The summed E-state index contributed by atoms with van der Waals surface area (Å²) in [5.41, 5.74) is -1.17. The Morgan fingerprint density at radius 2 is 1.92 bits per heavy atom. The van der Waals surface area contributed by atoms with Crippen molar-refractivity contribution in [3.63, 3.8) is 0 Å². The second-order valence-electron chi connectivity index (χ2n) is 13.1. The number of esters is 1. The molecule has 7 rings (SSSR count). The Kier molecular flexibility index (Phi) is 4.52. The van der Waals surface area contributed by atoms with Crippen LogP contribution >= 0.6 is 0 Å². The summed E-state index contributed by atoms with van der Waals surface area (Å²) in [7, 11) is 1.68. The van der Waals surface area contributed by atoms with Gasteiger partial charge in [-0.15, -0.1) is 0 Å². The summed E-state index contributed by atoms with van der Waals surface area (Å²) in [5.74, 6) is -1.12. The van der Waals surface area contributed by atoms with Crippen molar-refractivity contribution < 1.29 is 33.6 Å². The lowest BCUT2D eigenvalue weighted by atomic mass is 9.42. The van der Waals surface area contributed by atoms with Crippen LogP contribution in [0.2, 0.25) is 0 Å². The molecule has 5 fully saturated rings. The SMILES string of the molecule is CO[C@@]12C[C@H]3[C@@H](C[C@H]4O[C@]45CC=CC(=O)[C@]35C)[C@@H]3CC[C@@](O)([C@H]([C@H]4CC(C)=C(C)C(=O)O4)CO1)[C@]32C. The minimum atomic E-state index is -1.11. The van der Waals surface area contributed by atoms with Gasteiger partial charge in [0, 0.05) is 31.4 Å². The first-order valence-corrected chi connectivity index (χ1v) is 13.7. The number of hydrogen-bond acceptors (Lipinski definition) is 7. The Bertz CT molecular complexity index is 1130. The lowest BCUT2D eigenvalue weighted by molar-refractivity contribution is -0.404. The molecule has 0 unspecified atom stereocenters. The van der Waals surface area contributed by atoms with Crippen LogP contribution in [0, 0.1) is 34.5 Å². The fourth-order valence-corrected chi connectivity index (χ4v) is 10.2. The number of hydrogen-bond donors (Lipinski definition) is 1. The average Bonchev–Trinajstić information content (AvgIpc) is 3.47. The molecule has 3 aliphatic heterocycles. The van der Waals surface area contributed by atoms with Crippen LogP contribution in [0.3, 0.4) is 0 Å². The molecule has 1 spiro atoms. The number of cyclic esters (lactones) is 1. The molecule has 0 bridgehead atoms. The molecule has 7 aliphatic rings. The number of ether oxygens (including phenoxy) is 4. The average molecular weight is 499 g/mol. The maximum Gasteiger partial charge on any atom is 0.333 e. The number of fused-ring (bicyclic) bond motifs is 3. The van der Waals surface area contributed by atoms with Crippen molar-refractivity contribution in [2.24, 2.45) is 34.5 Å². The minimum Gasteiger partial charge on any atom is -0.458 e. The van der Waals surface area contributed by atoms with Gasteiger partial charge in [-0.2, -0.15) is 0 Å². The molecular formula is C29H38O7. The fraction of sp³-hybridized carbons (Fsp3) is 0.793. The van der Waals surface area contributed by atoms with Gasteiger partial charge in [0.1, 0.15) is 11.7 Å². The molecule has 36 heavy (non-hydrogen) atoms. The molecule has 0 aromatic rings. The molecule has 7 nitrogen and oxygen atoms in total. The third kappa shape index (κ3) is 2.33. The van der Waals surface area contributed by atoms with Crippen LogP contribution in [0.1, 0.15) is 66.2 Å². The summed E-state index contributed by atoms with van der Waals surface area (Å²) in [5, 5.41) is 12.7. The van der Waals surface area contributed by atoms with Crippen molar-refractivity contribution in [3.05, 3.63) is 23.3 Å². The Morgan fingerprint density at radius 1 is 1.14 bits per heavy atom. The smallest absolute Gasteiger partial charge is 0.333 e. The molecule has 0 radical (unpaired) electrons. The Morgan fingerprint density at radius 3 is 2.64 bits per heavy atom. The van der Waals surface area contributed by atoms with Crippen molar-refractivity contribution in [1.82, 2.24) is 0 Å². The van der Waals surface area contributed by atoms with Crippen LogP contribution in [0.15, 0.2) is 23.3 Å². The molecule has 0 amide bonds. The predicted octanol–water partition coefficient (Wildman–Crippen LogP) is 3.49. The molecular weight excluding hydrogens is 460 g/mol. The highest BCUT2D eigenvalue weighted by Crippen LogP contribution is 2.77. The van der Waals surface area contributed by atoms with E-state index in [1.165, 1.54) is 0 Å². The Balaban J connectivity index is 1.31. The number of epoxide rings is 1. The van der Waals surface area contributed by atoms with E-state index in [-0.39, 0.29) is 48.1 Å². The van der Waals surface area contributed by atoms with Gasteiger partial charge in [0.05, 0.1) is 29.1 Å². The van der Waals surface area contributed by atoms with Crippen LogP contribution < -0.4 is 0 Å². The first kappa shape index (κ1) is 23.6. The standard InChI is InChI=1S/C29H38O7/c1-15-11-21(35-24(31)16(15)2)20-14-34-29(33-5)13-19-17(18-8-10-27(20,32)26(18,29)4)12-23-28(36-23)9-6-7-22(30)25(19,28)3/h6-7,17-21,23,32H,8-14H2,1-5H3/t17-,18-,19-,20-,21+,23+,25-,26-,27+,28+,29-/m0/s1. The summed E-state index contributed by atoms with van der Waals surface area (Å²) in [6.07, 6.45) is 7.65. The molecule has 3 saturated carbocycles. The van der Waals surface area contributed by atoms with E-state index in [1.54, 1.807) is 20.1 Å². The third-order valence-corrected chi connectivity index (χ3v) is 12.5. The predicted molar refractivity (Wildman–Crippen MR) is 129 cm³/mol. The molecule has 0 aromatic carbocycles.